The van der Waals surface area contributed by atoms with E-state index in [1.165, 1.54) is 7.11 Å². The quantitative estimate of drug-likeness (QED) is 0.877. The van der Waals surface area contributed by atoms with E-state index in [4.69, 9.17) is 11.6 Å². The number of carbonyl (C=O) groups is 1. The summed E-state index contributed by atoms with van der Waals surface area (Å²) in [7, 11) is 1.31. The third-order valence-corrected chi connectivity index (χ3v) is 3.11. The maximum atomic E-state index is 11.6. The van der Waals surface area contributed by atoms with Gasteiger partial charge in [-0.05, 0) is 23.8 Å². The molecule has 0 unspecified atom stereocenters. The number of aromatic amines is 1. The second-order valence-electron chi connectivity index (χ2n) is 4.00. The molecule has 0 fully saturated rings. The SMILES string of the molecule is COC(=O)c1ccc(Cc2ccc[nH]c2=O)c(Cl)c1. The van der Waals surface area contributed by atoms with Crippen LogP contribution < -0.4 is 5.56 Å². The van der Waals surface area contributed by atoms with Crippen LogP contribution in [-0.2, 0) is 11.2 Å². The second kappa shape index (κ2) is 5.71. The van der Waals surface area contributed by atoms with E-state index >= 15 is 0 Å². The summed E-state index contributed by atoms with van der Waals surface area (Å²) in [6.07, 6.45) is 1.99. The van der Waals surface area contributed by atoms with E-state index in [9.17, 15) is 9.59 Å². The minimum atomic E-state index is -0.439. The molecular weight excluding hydrogens is 266 g/mol. The third kappa shape index (κ3) is 3.03. The van der Waals surface area contributed by atoms with Crippen molar-refractivity contribution in [1.29, 1.82) is 0 Å². The van der Waals surface area contributed by atoms with E-state index in [1.54, 1.807) is 36.5 Å². The lowest BCUT2D eigenvalue weighted by atomic mass is 10.0. The summed E-state index contributed by atoms with van der Waals surface area (Å²) < 4.78 is 4.62. The van der Waals surface area contributed by atoms with E-state index in [2.05, 4.69) is 9.72 Å². The molecule has 0 aliphatic heterocycles. The number of aromatic nitrogens is 1. The fourth-order valence-electron chi connectivity index (χ4n) is 1.74. The number of methoxy groups -OCH3 is 1. The van der Waals surface area contributed by atoms with Crippen molar-refractivity contribution in [2.24, 2.45) is 0 Å². The number of pyridine rings is 1. The summed E-state index contributed by atoms with van der Waals surface area (Å²) in [6.45, 7) is 0. The van der Waals surface area contributed by atoms with Crippen molar-refractivity contribution in [3.8, 4) is 0 Å². The van der Waals surface area contributed by atoms with Crippen LogP contribution in [0.2, 0.25) is 5.02 Å². The lowest BCUT2D eigenvalue weighted by Gasteiger charge is -2.06. The van der Waals surface area contributed by atoms with Gasteiger partial charge in [0.25, 0.3) is 5.56 Å². The molecule has 0 atom stereocenters. The molecule has 1 N–H and O–H groups in total. The fourth-order valence-corrected chi connectivity index (χ4v) is 1.98. The fraction of sp³-hybridized carbons (Fsp3) is 0.143. The number of hydrogen-bond acceptors (Lipinski definition) is 3. The van der Waals surface area contributed by atoms with E-state index < -0.39 is 5.97 Å². The van der Waals surface area contributed by atoms with E-state index in [0.717, 1.165) is 5.56 Å². The third-order valence-electron chi connectivity index (χ3n) is 2.75. The van der Waals surface area contributed by atoms with Gasteiger partial charge in [-0.25, -0.2) is 4.79 Å². The number of carbonyl (C=O) groups excluding carboxylic acids is 1. The van der Waals surface area contributed by atoms with Gasteiger partial charge >= 0.3 is 5.97 Å². The van der Waals surface area contributed by atoms with Crippen molar-refractivity contribution in [3.63, 3.8) is 0 Å². The average molecular weight is 278 g/mol. The molecule has 0 aliphatic rings. The number of H-pyrrole nitrogens is 1. The van der Waals surface area contributed by atoms with Crippen LogP contribution >= 0.6 is 11.6 Å². The highest BCUT2D eigenvalue weighted by atomic mass is 35.5. The summed E-state index contributed by atoms with van der Waals surface area (Å²) in [5.74, 6) is -0.439. The van der Waals surface area contributed by atoms with Gasteiger partial charge in [0.2, 0.25) is 0 Å². The Kier molecular flexibility index (Phi) is 4.02. The molecule has 0 aliphatic carbocycles. The van der Waals surface area contributed by atoms with Gasteiger partial charge in [-0.3, -0.25) is 4.79 Å². The Hall–Kier alpha value is -2.07. The molecule has 4 nitrogen and oxygen atoms in total. The van der Waals surface area contributed by atoms with E-state index in [1.807, 2.05) is 0 Å². The number of hydrogen-bond donors (Lipinski definition) is 1. The van der Waals surface area contributed by atoms with Crippen LogP contribution in [0.25, 0.3) is 0 Å². The molecule has 1 heterocycles. The zero-order valence-corrected chi connectivity index (χ0v) is 11.0. The first-order valence-corrected chi connectivity index (χ1v) is 6.03. The van der Waals surface area contributed by atoms with Gasteiger partial charge in [-0.2, -0.15) is 0 Å². The predicted octanol–water partition coefficient (Wildman–Crippen LogP) is 2.41. The Morgan fingerprint density at radius 2 is 2.11 bits per heavy atom. The Morgan fingerprint density at radius 1 is 1.32 bits per heavy atom. The molecule has 2 aromatic rings. The molecule has 19 heavy (non-hydrogen) atoms. The number of rotatable bonds is 3. The zero-order chi connectivity index (χ0) is 13.8. The Bertz CT molecular complexity index is 664. The lowest BCUT2D eigenvalue weighted by Crippen LogP contribution is -2.11. The molecule has 98 valence electrons. The zero-order valence-electron chi connectivity index (χ0n) is 10.3. The molecule has 2 rings (SSSR count). The van der Waals surface area contributed by atoms with Gasteiger partial charge in [-0.1, -0.05) is 23.7 Å². The molecule has 0 saturated heterocycles. The van der Waals surface area contributed by atoms with Crippen LogP contribution in [0.3, 0.4) is 0 Å². The second-order valence-corrected chi connectivity index (χ2v) is 4.41. The lowest BCUT2D eigenvalue weighted by molar-refractivity contribution is 0.0600. The Labute approximate surface area is 115 Å². The van der Waals surface area contributed by atoms with Crippen LogP contribution in [0.15, 0.2) is 41.3 Å². The van der Waals surface area contributed by atoms with Crippen molar-refractivity contribution in [3.05, 3.63) is 68.6 Å². The standard InChI is InChI=1S/C14H12ClNO3/c1-19-14(18)11-5-4-9(12(15)8-11)7-10-3-2-6-16-13(10)17/h2-6,8H,7H2,1H3,(H,16,17). The predicted molar refractivity (Wildman–Crippen MR) is 72.7 cm³/mol. The molecule has 0 saturated carbocycles. The summed E-state index contributed by atoms with van der Waals surface area (Å²) >= 11 is 6.11. The molecule has 0 spiro atoms. The van der Waals surface area contributed by atoms with E-state index in [0.29, 0.717) is 22.6 Å². The van der Waals surface area contributed by atoms with Crippen molar-refractivity contribution >= 4 is 17.6 Å². The molecule has 1 aromatic carbocycles. The number of nitrogens with one attached hydrogen (secondary N) is 1. The molecule has 1 aromatic heterocycles. The summed E-state index contributed by atoms with van der Waals surface area (Å²) in [6, 6.07) is 8.39. The van der Waals surface area contributed by atoms with Crippen LogP contribution in [0, 0.1) is 0 Å². The van der Waals surface area contributed by atoms with Gasteiger partial charge in [0.1, 0.15) is 0 Å². The maximum Gasteiger partial charge on any atom is 0.337 e. The minimum absolute atomic E-state index is 0.143. The van der Waals surface area contributed by atoms with Crippen LogP contribution in [0.5, 0.6) is 0 Å². The number of esters is 1. The summed E-state index contributed by atoms with van der Waals surface area (Å²) in [5, 5.41) is 0.436. The summed E-state index contributed by atoms with van der Waals surface area (Å²) in [5.41, 5.74) is 1.65. The van der Waals surface area contributed by atoms with E-state index in [-0.39, 0.29) is 5.56 Å². The molecule has 0 amide bonds. The van der Waals surface area contributed by atoms with Crippen molar-refractivity contribution < 1.29 is 9.53 Å². The maximum absolute atomic E-state index is 11.6. The number of benzene rings is 1. The average Bonchev–Trinajstić information content (AvgIpc) is 2.42. The van der Waals surface area contributed by atoms with Crippen molar-refractivity contribution in [2.75, 3.05) is 7.11 Å². The molecule has 5 heteroatoms. The van der Waals surface area contributed by atoms with Crippen LogP contribution in [0.4, 0.5) is 0 Å². The van der Waals surface area contributed by atoms with Gasteiger partial charge in [0, 0.05) is 23.2 Å². The molecular formula is C14H12ClNO3. The molecule has 0 radical (unpaired) electrons. The highest BCUT2D eigenvalue weighted by Crippen LogP contribution is 2.20. The topological polar surface area (TPSA) is 59.2 Å². The first kappa shape index (κ1) is 13.4. The smallest absolute Gasteiger partial charge is 0.337 e. The van der Waals surface area contributed by atoms with Crippen LogP contribution in [-0.4, -0.2) is 18.1 Å². The van der Waals surface area contributed by atoms with Gasteiger partial charge < -0.3 is 9.72 Å². The number of ether oxygens (including phenoxy) is 1. The minimum Gasteiger partial charge on any atom is -0.465 e. The normalized spacial score (nSPS) is 10.2. The first-order chi connectivity index (χ1) is 9.11. The first-order valence-electron chi connectivity index (χ1n) is 5.65. The highest BCUT2D eigenvalue weighted by Gasteiger charge is 2.10. The van der Waals surface area contributed by atoms with Crippen LogP contribution in [0.1, 0.15) is 21.5 Å². The largest absolute Gasteiger partial charge is 0.465 e. The van der Waals surface area contributed by atoms with Crippen molar-refractivity contribution in [2.45, 2.75) is 6.42 Å². The highest BCUT2D eigenvalue weighted by molar-refractivity contribution is 6.31. The van der Waals surface area contributed by atoms with Crippen molar-refractivity contribution in [1.82, 2.24) is 4.98 Å². The van der Waals surface area contributed by atoms with Gasteiger partial charge in [0.05, 0.1) is 12.7 Å². The molecule has 0 bridgehead atoms. The Balaban J connectivity index is 2.30. The Morgan fingerprint density at radius 3 is 2.74 bits per heavy atom. The summed E-state index contributed by atoms with van der Waals surface area (Å²) in [4.78, 5) is 25.5. The van der Waals surface area contributed by atoms with Gasteiger partial charge in [0.15, 0.2) is 0 Å². The number of halogens is 1. The van der Waals surface area contributed by atoms with Gasteiger partial charge in [-0.15, -0.1) is 0 Å². The monoisotopic (exact) mass is 277 g/mol.